The second kappa shape index (κ2) is 4.79. The van der Waals surface area contributed by atoms with Crippen molar-refractivity contribution in [3.05, 3.63) is 41.5 Å². The quantitative estimate of drug-likeness (QED) is 0.626. The molecule has 15 heavy (non-hydrogen) atoms. The molecule has 0 radical (unpaired) electrons. The Balaban J connectivity index is 2.35. The molecule has 0 bridgehead atoms. The van der Waals surface area contributed by atoms with Crippen molar-refractivity contribution in [2.45, 2.75) is 32.1 Å². The predicted octanol–water partition coefficient (Wildman–Crippen LogP) is 3.93. The van der Waals surface area contributed by atoms with E-state index in [9.17, 15) is 5.26 Å². The molecule has 0 amide bonds. The molecule has 0 saturated heterocycles. The summed E-state index contributed by atoms with van der Waals surface area (Å²) in [6, 6.07) is 12.4. The van der Waals surface area contributed by atoms with Gasteiger partial charge in [-0.15, -0.1) is 0 Å². The lowest BCUT2D eigenvalue weighted by atomic mass is 9.89. The maximum atomic E-state index is 9.22. The molecule has 2 rings (SSSR count). The summed E-state index contributed by atoms with van der Waals surface area (Å²) in [7, 11) is 0. The number of nitrogens with zero attached hydrogens (tertiary/aromatic N) is 1. The molecule has 0 atom stereocenters. The van der Waals surface area contributed by atoms with Crippen molar-refractivity contribution in [3.63, 3.8) is 0 Å². The lowest BCUT2D eigenvalue weighted by Crippen LogP contribution is -1.97. The first-order chi connectivity index (χ1) is 7.42. The van der Waals surface area contributed by atoms with Crippen LogP contribution in [0.5, 0.6) is 0 Å². The average Bonchev–Trinajstić information content (AvgIpc) is 2.33. The van der Waals surface area contributed by atoms with Crippen LogP contribution in [0, 0.1) is 11.3 Å². The van der Waals surface area contributed by atoms with Gasteiger partial charge in [-0.1, -0.05) is 42.3 Å². The number of allylic oxidation sites excluding steroid dienone is 2. The molecule has 1 heteroatoms. The van der Waals surface area contributed by atoms with Gasteiger partial charge in [0.15, 0.2) is 0 Å². The molecular weight excluding hydrogens is 182 g/mol. The molecule has 0 N–H and O–H groups in total. The third kappa shape index (κ3) is 2.27. The zero-order valence-corrected chi connectivity index (χ0v) is 8.87. The topological polar surface area (TPSA) is 23.8 Å². The van der Waals surface area contributed by atoms with E-state index in [0.717, 1.165) is 24.0 Å². The Morgan fingerprint density at radius 3 is 2.27 bits per heavy atom. The van der Waals surface area contributed by atoms with Crippen molar-refractivity contribution < 1.29 is 0 Å². The SMILES string of the molecule is N#CC(=C1CCCCC1)c1ccccc1. The summed E-state index contributed by atoms with van der Waals surface area (Å²) in [5.74, 6) is 0. The molecule has 1 saturated carbocycles. The molecule has 0 unspecified atom stereocenters. The number of hydrogen-bond acceptors (Lipinski definition) is 1. The van der Waals surface area contributed by atoms with Gasteiger partial charge in [-0.25, -0.2) is 0 Å². The Hall–Kier alpha value is -1.55. The maximum absolute atomic E-state index is 9.22. The van der Waals surface area contributed by atoms with Crippen molar-refractivity contribution in [2.75, 3.05) is 0 Å². The summed E-state index contributed by atoms with van der Waals surface area (Å²) in [5, 5.41) is 9.22. The summed E-state index contributed by atoms with van der Waals surface area (Å²) in [5.41, 5.74) is 3.35. The molecule has 76 valence electrons. The highest BCUT2D eigenvalue weighted by Gasteiger charge is 2.12. The summed E-state index contributed by atoms with van der Waals surface area (Å²) in [6.45, 7) is 0. The Kier molecular flexibility index (Phi) is 3.19. The minimum atomic E-state index is 0.912. The zero-order chi connectivity index (χ0) is 10.5. The van der Waals surface area contributed by atoms with E-state index >= 15 is 0 Å². The molecule has 0 heterocycles. The van der Waals surface area contributed by atoms with Gasteiger partial charge >= 0.3 is 0 Å². The van der Waals surface area contributed by atoms with E-state index in [1.807, 2.05) is 30.3 Å². The van der Waals surface area contributed by atoms with Crippen molar-refractivity contribution in [1.29, 1.82) is 5.26 Å². The van der Waals surface area contributed by atoms with Crippen molar-refractivity contribution in [1.82, 2.24) is 0 Å². The highest BCUT2D eigenvalue weighted by Crippen LogP contribution is 2.29. The molecule has 1 aromatic rings. The fraction of sp³-hybridized carbons (Fsp3) is 0.357. The van der Waals surface area contributed by atoms with Gasteiger partial charge in [0.1, 0.15) is 0 Å². The van der Waals surface area contributed by atoms with Crippen LogP contribution in [0.1, 0.15) is 37.7 Å². The van der Waals surface area contributed by atoms with Gasteiger partial charge in [-0.2, -0.15) is 5.26 Å². The molecule has 1 nitrogen and oxygen atoms in total. The number of nitriles is 1. The second-order valence-corrected chi connectivity index (χ2v) is 4.02. The smallest absolute Gasteiger partial charge is 0.0997 e. The lowest BCUT2D eigenvalue weighted by Gasteiger charge is -2.15. The van der Waals surface area contributed by atoms with Crippen LogP contribution < -0.4 is 0 Å². The molecule has 1 fully saturated rings. The largest absolute Gasteiger partial charge is 0.192 e. The molecule has 1 aliphatic rings. The number of benzene rings is 1. The van der Waals surface area contributed by atoms with Crippen LogP contribution in [0.25, 0.3) is 5.57 Å². The fourth-order valence-electron chi connectivity index (χ4n) is 2.18. The van der Waals surface area contributed by atoms with Crippen LogP contribution in [-0.4, -0.2) is 0 Å². The number of rotatable bonds is 1. The van der Waals surface area contributed by atoms with E-state index in [-0.39, 0.29) is 0 Å². The lowest BCUT2D eigenvalue weighted by molar-refractivity contribution is 0.601. The van der Waals surface area contributed by atoms with Gasteiger partial charge in [0.2, 0.25) is 0 Å². The normalized spacial score (nSPS) is 15.8. The van der Waals surface area contributed by atoms with Gasteiger partial charge in [-0.05, 0) is 31.2 Å². The minimum absolute atomic E-state index is 0.912. The predicted molar refractivity (Wildman–Crippen MR) is 62.1 cm³/mol. The average molecular weight is 197 g/mol. The van der Waals surface area contributed by atoms with Crippen LogP contribution in [0.2, 0.25) is 0 Å². The third-order valence-electron chi connectivity index (χ3n) is 2.98. The van der Waals surface area contributed by atoms with E-state index in [2.05, 4.69) is 6.07 Å². The van der Waals surface area contributed by atoms with E-state index in [1.165, 1.54) is 24.8 Å². The third-order valence-corrected chi connectivity index (χ3v) is 2.98. The van der Waals surface area contributed by atoms with Gasteiger partial charge in [0.25, 0.3) is 0 Å². The Labute approximate surface area is 91.0 Å². The van der Waals surface area contributed by atoms with E-state index in [0.29, 0.717) is 0 Å². The van der Waals surface area contributed by atoms with Crippen LogP contribution >= 0.6 is 0 Å². The van der Waals surface area contributed by atoms with Crippen molar-refractivity contribution >= 4 is 5.57 Å². The summed E-state index contributed by atoms with van der Waals surface area (Å²) < 4.78 is 0. The molecular formula is C14H15N. The highest BCUT2D eigenvalue weighted by atomic mass is 14.3. The molecule has 1 aromatic carbocycles. The van der Waals surface area contributed by atoms with E-state index in [1.54, 1.807) is 0 Å². The monoisotopic (exact) mass is 197 g/mol. The summed E-state index contributed by atoms with van der Waals surface area (Å²) >= 11 is 0. The molecule has 0 spiro atoms. The van der Waals surface area contributed by atoms with Crippen molar-refractivity contribution in [3.8, 4) is 6.07 Å². The Bertz CT molecular complexity index is 387. The highest BCUT2D eigenvalue weighted by molar-refractivity contribution is 5.79. The first-order valence-electron chi connectivity index (χ1n) is 5.59. The van der Waals surface area contributed by atoms with E-state index in [4.69, 9.17) is 0 Å². The molecule has 1 aliphatic carbocycles. The second-order valence-electron chi connectivity index (χ2n) is 4.02. The van der Waals surface area contributed by atoms with Crippen LogP contribution in [0.4, 0.5) is 0 Å². The number of hydrogen-bond donors (Lipinski definition) is 0. The van der Waals surface area contributed by atoms with Crippen LogP contribution in [-0.2, 0) is 0 Å². The Morgan fingerprint density at radius 1 is 1.00 bits per heavy atom. The van der Waals surface area contributed by atoms with Gasteiger partial charge in [-0.3, -0.25) is 0 Å². The first-order valence-corrected chi connectivity index (χ1v) is 5.59. The standard InChI is InChI=1S/C14H15N/c15-11-14(12-7-3-1-4-8-12)13-9-5-2-6-10-13/h1,3-4,7-8H,2,5-6,9-10H2. The summed E-state index contributed by atoms with van der Waals surface area (Å²) in [6.07, 6.45) is 6.02. The molecule has 0 aromatic heterocycles. The van der Waals surface area contributed by atoms with Gasteiger partial charge in [0.05, 0.1) is 11.6 Å². The Morgan fingerprint density at radius 2 is 1.67 bits per heavy atom. The van der Waals surface area contributed by atoms with Crippen molar-refractivity contribution in [2.24, 2.45) is 0 Å². The van der Waals surface area contributed by atoms with Crippen LogP contribution in [0.3, 0.4) is 0 Å². The minimum Gasteiger partial charge on any atom is -0.192 e. The van der Waals surface area contributed by atoms with Gasteiger partial charge < -0.3 is 0 Å². The molecule has 0 aliphatic heterocycles. The first kappa shape index (κ1) is 9.98. The summed E-state index contributed by atoms with van der Waals surface area (Å²) in [4.78, 5) is 0. The van der Waals surface area contributed by atoms with Crippen LogP contribution in [0.15, 0.2) is 35.9 Å². The maximum Gasteiger partial charge on any atom is 0.0997 e. The van der Waals surface area contributed by atoms with Gasteiger partial charge in [0, 0.05) is 0 Å². The van der Waals surface area contributed by atoms with E-state index < -0.39 is 0 Å². The zero-order valence-electron chi connectivity index (χ0n) is 8.87. The fourth-order valence-corrected chi connectivity index (χ4v) is 2.18.